The number of nitrogens with one attached hydrogen (secondary N) is 1. The van der Waals surface area contributed by atoms with Crippen LogP contribution in [0.4, 0.5) is 0 Å². The van der Waals surface area contributed by atoms with Crippen LogP contribution >= 0.6 is 0 Å². The van der Waals surface area contributed by atoms with Crippen LogP contribution in [0.2, 0.25) is 0 Å². The highest BCUT2D eigenvalue weighted by Gasteiger charge is 2.09. The summed E-state index contributed by atoms with van der Waals surface area (Å²) < 4.78 is 5.47. The van der Waals surface area contributed by atoms with Gasteiger partial charge < -0.3 is 20.9 Å². The number of para-hydroxylation sites is 1. The second kappa shape index (κ2) is 7.65. The van der Waals surface area contributed by atoms with E-state index in [1.165, 1.54) is 0 Å². The number of carboxylic acids is 1. The highest BCUT2D eigenvalue weighted by Crippen LogP contribution is 2.07. The molecule has 0 fully saturated rings. The average molecular weight is 238 g/mol. The van der Waals surface area contributed by atoms with Crippen molar-refractivity contribution < 1.29 is 14.6 Å². The maximum Gasteiger partial charge on any atom is 0.321 e. The van der Waals surface area contributed by atoms with Crippen LogP contribution in [0, 0.1) is 0 Å². The third-order valence-corrected chi connectivity index (χ3v) is 2.19. The highest BCUT2D eigenvalue weighted by atomic mass is 16.5. The van der Waals surface area contributed by atoms with E-state index in [4.69, 9.17) is 15.6 Å². The molecule has 4 N–H and O–H groups in total. The monoisotopic (exact) mass is 238 g/mol. The third-order valence-electron chi connectivity index (χ3n) is 2.19. The van der Waals surface area contributed by atoms with Crippen LogP contribution < -0.4 is 15.8 Å². The lowest BCUT2D eigenvalue weighted by Crippen LogP contribution is -2.40. The summed E-state index contributed by atoms with van der Waals surface area (Å²) in [6.07, 6.45) is 0.807. The van der Waals surface area contributed by atoms with Crippen LogP contribution in [0.3, 0.4) is 0 Å². The second-order valence-corrected chi connectivity index (χ2v) is 3.66. The molecule has 0 aliphatic rings. The van der Waals surface area contributed by atoms with Gasteiger partial charge in [-0.3, -0.25) is 4.79 Å². The fourth-order valence-electron chi connectivity index (χ4n) is 1.25. The first kappa shape index (κ1) is 13.5. The standard InChI is InChI=1S/C12H18N2O3/c13-11(12(15)16)9-14-7-4-8-17-10-5-2-1-3-6-10/h1-3,5-6,11,14H,4,7-9,13H2,(H,15,16). The number of rotatable bonds is 8. The largest absolute Gasteiger partial charge is 0.494 e. The Balaban J connectivity index is 2.00. The number of carboxylic acid groups (broad SMARTS) is 1. The van der Waals surface area contributed by atoms with Crippen LogP contribution in [-0.4, -0.2) is 36.8 Å². The van der Waals surface area contributed by atoms with Gasteiger partial charge in [-0.1, -0.05) is 18.2 Å². The smallest absolute Gasteiger partial charge is 0.321 e. The molecule has 0 saturated carbocycles. The van der Waals surface area contributed by atoms with Gasteiger partial charge in [-0.05, 0) is 25.1 Å². The van der Waals surface area contributed by atoms with Crippen molar-refractivity contribution in [1.29, 1.82) is 0 Å². The summed E-state index contributed by atoms with van der Waals surface area (Å²) in [5.41, 5.74) is 5.33. The zero-order valence-corrected chi connectivity index (χ0v) is 9.63. The summed E-state index contributed by atoms with van der Waals surface area (Å²) in [5, 5.41) is 11.5. The quantitative estimate of drug-likeness (QED) is 0.573. The molecular weight excluding hydrogens is 220 g/mol. The van der Waals surface area contributed by atoms with E-state index in [2.05, 4.69) is 5.32 Å². The molecule has 5 nitrogen and oxygen atoms in total. The summed E-state index contributed by atoms with van der Waals surface area (Å²) in [5.74, 6) is -0.146. The van der Waals surface area contributed by atoms with Crippen LogP contribution in [0.25, 0.3) is 0 Å². The Bertz CT molecular complexity index is 330. The molecule has 0 amide bonds. The van der Waals surface area contributed by atoms with Crippen molar-refractivity contribution in [1.82, 2.24) is 5.32 Å². The summed E-state index contributed by atoms with van der Waals surface area (Å²) in [4.78, 5) is 10.4. The van der Waals surface area contributed by atoms with Crippen molar-refractivity contribution in [3.05, 3.63) is 30.3 Å². The molecule has 1 aromatic rings. The van der Waals surface area contributed by atoms with Crippen LogP contribution in [-0.2, 0) is 4.79 Å². The molecule has 0 saturated heterocycles. The molecule has 0 aromatic heterocycles. The van der Waals surface area contributed by atoms with Gasteiger partial charge in [0.15, 0.2) is 0 Å². The van der Waals surface area contributed by atoms with E-state index in [-0.39, 0.29) is 6.54 Å². The average Bonchev–Trinajstić information content (AvgIpc) is 2.34. The molecule has 0 spiro atoms. The summed E-state index contributed by atoms with van der Waals surface area (Å²) in [7, 11) is 0. The zero-order valence-electron chi connectivity index (χ0n) is 9.63. The molecule has 0 aliphatic carbocycles. The fraction of sp³-hybridized carbons (Fsp3) is 0.417. The predicted molar refractivity (Wildman–Crippen MR) is 65.0 cm³/mol. The van der Waals surface area contributed by atoms with E-state index in [0.717, 1.165) is 12.2 Å². The van der Waals surface area contributed by atoms with Crippen LogP contribution in [0.15, 0.2) is 30.3 Å². The molecule has 17 heavy (non-hydrogen) atoms. The molecule has 1 atom stereocenters. The molecule has 1 rings (SSSR count). The minimum Gasteiger partial charge on any atom is -0.494 e. The highest BCUT2D eigenvalue weighted by molar-refractivity contribution is 5.73. The first-order valence-corrected chi connectivity index (χ1v) is 5.57. The second-order valence-electron chi connectivity index (χ2n) is 3.66. The molecule has 0 radical (unpaired) electrons. The lowest BCUT2D eigenvalue weighted by Gasteiger charge is -2.09. The molecule has 1 aromatic carbocycles. The number of ether oxygens (including phenoxy) is 1. The van der Waals surface area contributed by atoms with Gasteiger partial charge in [0.1, 0.15) is 11.8 Å². The number of benzene rings is 1. The first-order valence-electron chi connectivity index (χ1n) is 5.57. The van der Waals surface area contributed by atoms with Crippen molar-refractivity contribution in [2.75, 3.05) is 19.7 Å². The Morgan fingerprint density at radius 2 is 2.12 bits per heavy atom. The zero-order chi connectivity index (χ0) is 12.5. The minimum atomic E-state index is -0.988. The van der Waals surface area contributed by atoms with E-state index in [9.17, 15) is 4.79 Å². The maximum absolute atomic E-state index is 10.4. The van der Waals surface area contributed by atoms with E-state index < -0.39 is 12.0 Å². The van der Waals surface area contributed by atoms with Crippen molar-refractivity contribution in [2.45, 2.75) is 12.5 Å². The van der Waals surface area contributed by atoms with Gasteiger partial charge >= 0.3 is 5.97 Å². The van der Waals surface area contributed by atoms with Gasteiger partial charge in [0.05, 0.1) is 6.61 Å². The number of aliphatic carboxylic acids is 1. The molecule has 5 heteroatoms. The van der Waals surface area contributed by atoms with Gasteiger partial charge in [0.25, 0.3) is 0 Å². The van der Waals surface area contributed by atoms with Crippen molar-refractivity contribution in [3.8, 4) is 5.75 Å². The summed E-state index contributed by atoms with van der Waals surface area (Å²) in [6, 6.07) is 8.72. The molecule has 1 unspecified atom stereocenters. The normalized spacial score (nSPS) is 12.1. The van der Waals surface area contributed by atoms with Crippen molar-refractivity contribution in [2.24, 2.45) is 5.73 Å². The van der Waals surface area contributed by atoms with E-state index >= 15 is 0 Å². The number of hydrogen-bond donors (Lipinski definition) is 3. The Kier molecular flexibility index (Phi) is 6.06. The van der Waals surface area contributed by atoms with Gasteiger partial charge in [-0.15, -0.1) is 0 Å². The molecule has 94 valence electrons. The first-order chi connectivity index (χ1) is 8.20. The van der Waals surface area contributed by atoms with E-state index in [0.29, 0.717) is 13.2 Å². The van der Waals surface area contributed by atoms with Crippen molar-refractivity contribution >= 4 is 5.97 Å². The topological polar surface area (TPSA) is 84.6 Å². The summed E-state index contributed by atoms with van der Waals surface area (Å²) in [6.45, 7) is 1.56. The number of carbonyl (C=O) groups is 1. The summed E-state index contributed by atoms with van der Waals surface area (Å²) >= 11 is 0. The SMILES string of the molecule is NC(CNCCCOc1ccccc1)C(=O)O. The predicted octanol–water partition coefficient (Wildman–Crippen LogP) is 0.457. The molecule has 0 bridgehead atoms. The lowest BCUT2D eigenvalue weighted by molar-refractivity contribution is -0.138. The Hall–Kier alpha value is -1.59. The number of hydrogen-bond acceptors (Lipinski definition) is 4. The van der Waals surface area contributed by atoms with Gasteiger partial charge in [-0.25, -0.2) is 0 Å². The molecular formula is C12H18N2O3. The molecule has 0 aliphatic heterocycles. The maximum atomic E-state index is 10.4. The van der Waals surface area contributed by atoms with E-state index in [1.54, 1.807) is 0 Å². The molecule has 0 heterocycles. The fourth-order valence-corrected chi connectivity index (χ4v) is 1.25. The van der Waals surface area contributed by atoms with Gasteiger partial charge in [0, 0.05) is 6.54 Å². The van der Waals surface area contributed by atoms with Gasteiger partial charge in [-0.2, -0.15) is 0 Å². The Morgan fingerprint density at radius 3 is 2.76 bits per heavy atom. The Labute approximate surface area is 101 Å². The number of nitrogens with two attached hydrogens (primary N) is 1. The van der Waals surface area contributed by atoms with Gasteiger partial charge in [0.2, 0.25) is 0 Å². The van der Waals surface area contributed by atoms with Crippen LogP contribution in [0.5, 0.6) is 5.75 Å². The van der Waals surface area contributed by atoms with E-state index in [1.807, 2.05) is 30.3 Å². The van der Waals surface area contributed by atoms with Crippen LogP contribution in [0.1, 0.15) is 6.42 Å². The minimum absolute atomic E-state index is 0.278. The third kappa shape index (κ3) is 5.89. The Morgan fingerprint density at radius 1 is 1.41 bits per heavy atom. The van der Waals surface area contributed by atoms with Crippen molar-refractivity contribution in [3.63, 3.8) is 0 Å². The lowest BCUT2D eigenvalue weighted by atomic mass is 10.3.